The van der Waals surface area contributed by atoms with Crippen LogP contribution in [-0.4, -0.2) is 35.0 Å². The minimum atomic E-state index is -0.778. The van der Waals surface area contributed by atoms with E-state index >= 15 is 0 Å². The number of carbonyl (C=O) groups excluding carboxylic acids is 1. The summed E-state index contributed by atoms with van der Waals surface area (Å²) in [6.45, 7) is 5.31. The van der Waals surface area contributed by atoms with Crippen LogP contribution in [0.25, 0.3) is 0 Å². The van der Waals surface area contributed by atoms with Crippen LogP contribution in [0.5, 0.6) is 0 Å². The fourth-order valence-corrected chi connectivity index (χ4v) is 1.93. The van der Waals surface area contributed by atoms with Crippen LogP contribution in [0, 0.1) is 11.8 Å². The topological polar surface area (TPSA) is 57.6 Å². The van der Waals surface area contributed by atoms with E-state index in [1.165, 1.54) is 0 Å². The lowest BCUT2D eigenvalue weighted by Gasteiger charge is -2.17. The molecule has 0 aromatic rings. The van der Waals surface area contributed by atoms with Crippen LogP contribution in [0.15, 0.2) is 0 Å². The summed E-state index contributed by atoms with van der Waals surface area (Å²) in [6.07, 6.45) is 0.678. The Bertz CT molecular complexity index is 240. The molecule has 0 saturated carbocycles. The summed E-state index contributed by atoms with van der Waals surface area (Å²) in [5.41, 5.74) is 0. The molecular weight excluding hydrogens is 182 g/mol. The third kappa shape index (κ3) is 2.47. The first kappa shape index (κ1) is 11.0. The molecule has 4 nitrogen and oxygen atoms in total. The van der Waals surface area contributed by atoms with Gasteiger partial charge in [0.15, 0.2) is 0 Å². The second-order valence-corrected chi connectivity index (χ2v) is 3.97. The number of hydrogen-bond donors (Lipinski definition) is 1. The number of nitrogens with zero attached hydrogens (tertiary/aromatic N) is 1. The van der Waals surface area contributed by atoms with Crippen molar-refractivity contribution in [1.82, 2.24) is 4.90 Å². The first-order chi connectivity index (χ1) is 6.54. The Balaban J connectivity index is 2.48. The molecular formula is C10H17NO3. The molecule has 1 N–H and O–H groups in total. The molecule has 4 heteroatoms. The number of aliphatic carboxylic acids is 1. The van der Waals surface area contributed by atoms with Gasteiger partial charge in [-0.1, -0.05) is 6.92 Å². The maximum atomic E-state index is 11.4. The van der Waals surface area contributed by atoms with Gasteiger partial charge in [-0.05, 0) is 18.8 Å². The highest BCUT2D eigenvalue weighted by Gasteiger charge is 2.32. The third-order valence-corrected chi connectivity index (χ3v) is 2.93. The van der Waals surface area contributed by atoms with Gasteiger partial charge in [0.1, 0.15) is 0 Å². The highest BCUT2D eigenvalue weighted by Crippen LogP contribution is 2.26. The van der Waals surface area contributed by atoms with E-state index in [2.05, 4.69) is 0 Å². The largest absolute Gasteiger partial charge is 0.481 e. The smallest absolute Gasteiger partial charge is 0.303 e. The molecule has 2 unspecified atom stereocenters. The van der Waals surface area contributed by atoms with Crippen molar-refractivity contribution in [2.75, 3.05) is 13.1 Å². The van der Waals surface area contributed by atoms with Crippen LogP contribution in [-0.2, 0) is 9.59 Å². The number of carboxylic acid groups (broad SMARTS) is 1. The van der Waals surface area contributed by atoms with Gasteiger partial charge < -0.3 is 10.0 Å². The molecule has 1 fully saturated rings. The Morgan fingerprint density at radius 2 is 2.36 bits per heavy atom. The van der Waals surface area contributed by atoms with Gasteiger partial charge in [0.25, 0.3) is 0 Å². The molecule has 0 aliphatic carbocycles. The van der Waals surface area contributed by atoms with Crippen molar-refractivity contribution in [2.24, 2.45) is 11.8 Å². The molecule has 1 aliphatic heterocycles. The zero-order chi connectivity index (χ0) is 10.7. The molecule has 1 rings (SSSR count). The quantitative estimate of drug-likeness (QED) is 0.733. The SMILES string of the molecule is CCN1CC(C(C)CC(=O)O)CC1=O. The van der Waals surface area contributed by atoms with Crippen LogP contribution in [0.4, 0.5) is 0 Å². The standard InChI is InChI=1S/C10H17NO3/c1-3-11-6-8(5-9(11)12)7(2)4-10(13)14/h7-8H,3-6H2,1-2H3,(H,13,14). The summed E-state index contributed by atoms with van der Waals surface area (Å²) in [6, 6.07) is 0. The average Bonchev–Trinajstić information content (AvgIpc) is 2.45. The number of carboxylic acids is 1. The number of hydrogen-bond acceptors (Lipinski definition) is 2. The number of rotatable bonds is 4. The number of carbonyl (C=O) groups is 2. The van der Waals surface area contributed by atoms with E-state index in [9.17, 15) is 9.59 Å². The van der Waals surface area contributed by atoms with Crippen LogP contribution in [0.1, 0.15) is 26.7 Å². The molecule has 0 spiro atoms. The van der Waals surface area contributed by atoms with Gasteiger partial charge in [-0.15, -0.1) is 0 Å². The van der Waals surface area contributed by atoms with E-state index in [0.717, 1.165) is 13.1 Å². The van der Waals surface area contributed by atoms with Gasteiger partial charge in [-0.2, -0.15) is 0 Å². The van der Waals surface area contributed by atoms with Gasteiger partial charge in [0, 0.05) is 25.9 Å². The Hall–Kier alpha value is -1.06. The monoisotopic (exact) mass is 199 g/mol. The average molecular weight is 199 g/mol. The lowest BCUT2D eigenvalue weighted by atomic mass is 9.90. The Morgan fingerprint density at radius 1 is 1.71 bits per heavy atom. The zero-order valence-corrected chi connectivity index (χ0v) is 8.69. The Kier molecular flexibility index (Phi) is 3.49. The van der Waals surface area contributed by atoms with Gasteiger partial charge in [-0.3, -0.25) is 9.59 Å². The van der Waals surface area contributed by atoms with Crippen molar-refractivity contribution in [3.05, 3.63) is 0 Å². The van der Waals surface area contributed by atoms with E-state index in [0.29, 0.717) is 6.42 Å². The van der Waals surface area contributed by atoms with Gasteiger partial charge >= 0.3 is 5.97 Å². The van der Waals surface area contributed by atoms with Crippen LogP contribution in [0.3, 0.4) is 0 Å². The predicted molar refractivity (Wildman–Crippen MR) is 51.8 cm³/mol. The lowest BCUT2D eigenvalue weighted by Crippen LogP contribution is -2.25. The molecule has 80 valence electrons. The number of amides is 1. The van der Waals surface area contributed by atoms with E-state index in [1.54, 1.807) is 4.90 Å². The van der Waals surface area contributed by atoms with E-state index < -0.39 is 5.97 Å². The fraction of sp³-hybridized carbons (Fsp3) is 0.800. The Labute approximate surface area is 83.9 Å². The van der Waals surface area contributed by atoms with Crippen LogP contribution in [0.2, 0.25) is 0 Å². The van der Waals surface area contributed by atoms with Crippen molar-refractivity contribution < 1.29 is 14.7 Å². The van der Waals surface area contributed by atoms with Gasteiger partial charge in [0.05, 0.1) is 0 Å². The lowest BCUT2D eigenvalue weighted by molar-refractivity contribution is -0.138. The van der Waals surface area contributed by atoms with Gasteiger partial charge in [-0.25, -0.2) is 0 Å². The normalized spacial score (nSPS) is 24.0. The second-order valence-electron chi connectivity index (χ2n) is 3.97. The molecule has 1 amide bonds. The van der Waals surface area contributed by atoms with E-state index in [1.807, 2.05) is 13.8 Å². The molecule has 2 atom stereocenters. The van der Waals surface area contributed by atoms with E-state index in [-0.39, 0.29) is 24.2 Å². The predicted octanol–water partition coefficient (Wildman–Crippen LogP) is 0.966. The van der Waals surface area contributed by atoms with Crippen molar-refractivity contribution in [3.8, 4) is 0 Å². The molecule has 1 saturated heterocycles. The minimum absolute atomic E-state index is 0.0907. The Morgan fingerprint density at radius 3 is 2.79 bits per heavy atom. The molecule has 0 radical (unpaired) electrons. The van der Waals surface area contributed by atoms with Crippen molar-refractivity contribution in [2.45, 2.75) is 26.7 Å². The maximum Gasteiger partial charge on any atom is 0.303 e. The molecule has 0 aromatic carbocycles. The fourth-order valence-electron chi connectivity index (χ4n) is 1.93. The highest BCUT2D eigenvalue weighted by atomic mass is 16.4. The van der Waals surface area contributed by atoms with Crippen LogP contribution >= 0.6 is 0 Å². The molecule has 14 heavy (non-hydrogen) atoms. The summed E-state index contributed by atoms with van der Waals surface area (Å²) >= 11 is 0. The maximum absolute atomic E-state index is 11.4. The summed E-state index contributed by atoms with van der Waals surface area (Å²) in [4.78, 5) is 23.7. The van der Waals surface area contributed by atoms with E-state index in [4.69, 9.17) is 5.11 Å². The first-order valence-corrected chi connectivity index (χ1v) is 5.04. The molecule has 1 heterocycles. The van der Waals surface area contributed by atoms with Crippen molar-refractivity contribution >= 4 is 11.9 Å². The summed E-state index contributed by atoms with van der Waals surface area (Å²) < 4.78 is 0. The molecule has 0 aromatic heterocycles. The third-order valence-electron chi connectivity index (χ3n) is 2.93. The van der Waals surface area contributed by atoms with Crippen molar-refractivity contribution in [3.63, 3.8) is 0 Å². The van der Waals surface area contributed by atoms with Crippen LogP contribution < -0.4 is 0 Å². The number of likely N-dealkylation sites (tertiary alicyclic amines) is 1. The molecule has 0 bridgehead atoms. The summed E-state index contributed by atoms with van der Waals surface area (Å²) in [5.74, 6) is -0.304. The van der Waals surface area contributed by atoms with Crippen molar-refractivity contribution in [1.29, 1.82) is 0 Å². The first-order valence-electron chi connectivity index (χ1n) is 5.04. The highest BCUT2D eigenvalue weighted by molar-refractivity contribution is 5.78. The molecule has 1 aliphatic rings. The summed E-state index contributed by atoms with van der Waals surface area (Å²) in [5, 5.41) is 8.63. The zero-order valence-electron chi connectivity index (χ0n) is 8.69. The summed E-state index contributed by atoms with van der Waals surface area (Å²) in [7, 11) is 0. The second kappa shape index (κ2) is 4.44. The van der Waals surface area contributed by atoms with Gasteiger partial charge in [0.2, 0.25) is 5.91 Å². The minimum Gasteiger partial charge on any atom is -0.481 e.